The number of carbonyl (C=O) groups is 1. The maximum Gasteiger partial charge on any atom is 0.494 e. The minimum atomic E-state index is -0.825. The quantitative estimate of drug-likeness (QED) is 0.247. The molecule has 0 bridgehead atoms. The van der Waals surface area contributed by atoms with Crippen molar-refractivity contribution in [1.82, 2.24) is 0 Å². The molecule has 0 aliphatic carbocycles. The van der Waals surface area contributed by atoms with E-state index in [0.29, 0.717) is 0 Å². The highest BCUT2D eigenvalue weighted by Crippen LogP contribution is 2.43. The monoisotopic (exact) mass is 1020 g/mol. The molecule has 9 nitrogen and oxygen atoms in total. The van der Waals surface area contributed by atoms with E-state index in [0.717, 1.165) is 30.0 Å². The first-order chi connectivity index (χ1) is 26.9. The second-order valence-corrected chi connectivity index (χ2v) is 22.2. The summed E-state index contributed by atoms with van der Waals surface area (Å²) in [7, 11) is -1.30. The average molecular weight is 1030 g/mol. The Morgan fingerprint density at radius 1 is 0.450 bits per heavy atom. The highest BCUT2D eigenvalue weighted by molar-refractivity contribution is 9.11. The number of halogens is 3. The van der Waals surface area contributed by atoms with Gasteiger partial charge in [0.15, 0.2) is 0 Å². The number of aliphatic hydroxyl groups is 2. The molecule has 2 N–H and O–H groups in total. The second-order valence-electron chi connectivity index (χ2n) is 19.4. The molecule has 0 atom stereocenters. The van der Waals surface area contributed by atoms with Crippen molar-refractivity contribution in [1.29, 1.82) is 0 Å². The normalized spacial score (nSPS) is 20.3. The first kappa shape index (κ1) is 54.8. The molecule has 3 fully saturated rings. The van der Waals surface area contributed by atoms with Crippen LogP contribution in [0.15, 0.2) is 86.2 Å². The molecule has 332 valence electrons. The van der Waals surface area contributed by atoms with Gasteiger partial charge in [0.25, 0.3) is 0 Å². The van der Waals surface area contributed by atoms with E-state index < -0.39 is 25.2 Å². The van der Waals surface area contributed by atoms with Crippen LogP contribution in [0.2, 0.25) is 0 Å². The van der Waals surface area contributed by atoms with Crippen LogP contribution < -0.4 is 5.46 Å². The number of Topliss-reactive ketones (excluding diaryl/α,β-unsaturated/α-hetero) is 1. The lowest BCUT2D eigenvalue weighted by molar-refractivity contribution is -0.115. The van der Waals surface area contributed by atoms with Crippen molar-refractivity contribution < 1.29 is 42.9 Å². The van der Waals surface area contributed by atoms with E-state index >= 15 is 0 Å². The average Bonchev–Trinajstić information content (AvgIpc) is 3.55. The number of benzene rings is 3. The van der Waals surface area contributed by atoms with Crippen molar-refractivity contribution in [2.24, 2.45) is 0 Å². The summed E-state index contributed by atoms with van der Waals surface area (Å²) in [5, 5.41) is 19.5. The molecule has 3 aromatic carbocycles. The lowest BCUT2D eigenvalue weighted by Crippen LogP contribution is -2.41. The standard InChI is InChI=1S/C15H23BO3.C12H24B2O4.C9H11BrO.C6H4Br2.C3H6O/c1-13(2,17)11-7-9-12(10-8-11)16-18-14(3,4)15(5,6)19-16;1-9(2)10(3,4)16-13(15-9)14-17-11(5,6)12(7,8)18-14;1-9(2,11)7-3-5-8(10)6-4-7;7-5-1-2-6(8)4-3-5;1-3(2)4/h7-10,17H,1-6H3;1-8H3;3-6,11H,1-2H3;1-4H;1-2H3. The predicted octanol–water partition coefficient (Wildman–Crippen LogP) is 10.9. The number of rotatable bonds is 4. The van der Waals surface area contributed by atoms with E-state index in [1.807, 2.05) is 156 Å². The zero-order valence-corrected chi connectivity index (χ0v) is 43.8. The van der Waals surface area contributed by atoms with Crippen LogP contribution in [-0.4, -0.2) is 70.7 Å². The van der Waals surface area contributed by atoms with E-state index in [1.165, 1.54) is 13.8 Å². The summed E-state index contributed by atoms with van der Waals surface area (Å²) in [4.78, 5) is 9.44. The molecule has 3 aromatic rings. The van der Waals surface area contributed by atoms with Gasteiger partial charge >= 0.3 is 21.1 Å². The third-order valence-electron chi connectivity index (χ3n) is 11.3. The number of hydrogen-bond donors (Lipinski definition) is 2. The molecule has 3 saturated heterocycles. The lowest BCUT2D eigenvalue weighted by Gasteiger charge is -2.32. The van der Waals surface area contributed by atoms with Crippen LogP contribution in [0.3, 0.4) is 0 Å². The van der Waals surface area contributed by atoms with E-state index in [2.05, 4.69) is 47.8 Å². The van der Waals surface area contributed by atoms with Crippen LogP contribution in [0, 0.1) is 0 Å². The Morgan fingerprint density at radius 3 is 0.883 bits per heavy atom. The largest absolute Gasteiger partial charge is 0.494 e. The molecule has 0 amide bonds. The Morgan fingerprint density at radius 2 is 0.650 bits per heavy atom. The molecule has 0 aromatic heterocycles. The topological polar surface area (TPSA) is 113 Å². The molecular formula is C45H68B3Br3O9. The van der Waals surface area contributed by atoms with E-state index in [1.54, 1.807) is 27.7 Å². The SMILES string of the molecule is Brc1ccc(Br)cc1.CC(C)(O)c1ccc(B2OC(C)(C)C(C)(C)O2)cc1.CC(C)(O)c1ccc(Br)cc1.CC(C)=O.CC1(C)OB(B2OC(C)(C)C(C)(C)O2)OC1(C)C. The molecule has 60 heavy (non-hydrogen) atoms. The summed E-state index contributed by atoms with van der Waals surface area (Å²) >= 11 is 9.98. The van der Waals surface area contributed by atoms with Gasteiger partial charge in [-0.2, -0.15) is 0 Å². The molecule has 15 heteroatoms. The van der Waals surface area contributed by atoms with E-state index in [9.17, 15) is 15.0 Å². The van der Waals surface area contributed by atoms with Crippen LogP contribution in [-0.2, 0) is 43.9 Å². The molecule has 3 aliphatic heterocycles. The fourth-order valence-electron chi connectivity index (χ4n) is 5.31. The minimum absolute atomic E-state index is 0.167. The predicted molar refractivity (Wildman–Crippen MR) is 257 cm³/mol. The van der Waals surface area contributed by atoms with Crippen LogP contribution >= 0.6 is 47.8 Å². The first-order valence-corrected chi connectivity index (χ1v) is 22.6. The van der Waals surface area contributed by atoms with E-state index in [-0.39, 0.29) is 46.5 Å². The maximum atomic E-state index is 9.95. The number of hydrogen-bond acceptors (Lipinski definition) is 9. The van der Waals surface area contributed by atoms with Crippen molar-refractivity contribution in [3.8, 4) is 0 Å². The van der Waals surface area contributed by atoms with Gasteiger partial charge in [-0.3, -0.25) is 0 Å². The zero-order chi connectivity index (χ0) is 46.5. The fourth-order valence-corrected chi connectivity index (χ4v) is 6.11. The molecule has 0 spiro atoms. The van der Waals surface area contributed by atoms with E-state index in [4.69, 9.17) is 27.9 Å². The molecular weight excluding hydrogens is 957 g/mol. The summed E-state index contributed by atoms with van der Waals surface area (Å²) in [5.74, 6) is 0.167. The van der Waals surface area contributed by atoms with Gasteiger partial charge in [0, 0.05) is 13.4 Å². The van der Waals surface area contributed by atoms with Gasteiger partial charge < -0.3 is 42.9 Å². The number of ketones is 1. The summed E-state index contributed by atoms with van der Waals surface area (Å²) < 4.78 is 39.1. The van der Waals surface area contributed by atoms with Crippen LogP contribution in [0.4, 0.5) is 0 Å². The molecule has 6 rings (SSSR count). The van der Waals surface area contributed by atoms with Gasteiger partial charge in [0.1, 0.15) is 5.78 Å². The Balaban J connectivity index is 0.000000279. The van der Waals surface area contributed by atoms with Gasteiger partial charge in [-0.25, -0.2) is 0 Å². The molecule has 3 heterocycles. The van der Waals surface area contributed by atoms with Crippen molar-refractivity contribution in [3.05, 3.63) is 97.3 Å². The Bertz CT molecular complexity index is 1710. The molecule has 0 unspecified atom stereocenters. The van der Waals surface area contributed by atoms with Gasteiger partial charge in [-0.05, 0) is 178 Å². The lowest BCUT2D eigenvalue weighted by atomic mass is 9.49. The van der Waals surface area contributed by atoms with Crippen molar-refractivity contribution >= 4 is 80.2 Å². The maximum absolute atomic E-state index is 9.95. The van der Waals surface area contributed by atoms with Crippen molar-refractivity contribution in [2.45, 2.75) is 169 Å². The Hall–Kier alpha value is -1.36. The summed E-state index contributed by atoms with van der Waals surface area (Å²) in [5.41, 5.74) is -0.862. The third kappa shape index (κ3) is 15.7. The highest BCUT2D eigenvalue weighted by atomic mass is 79.9. The van der Waals surface area contributed by atoms with Crippen LogP contribution in [0.5, 0.6) is 0 Å². The smallest absolute Gasteiger partial charge is 0.405 e. The van der Waals surface area contributed by atoms with Crippen LogP contribution in [0.25, 0.3) is 0 Å². The zero-order valence-electron chi connectivity index (χ0n) is 39.0. The second kappa shape index (κ2) is 20.6. The highest BCUT2D eigenvalue weighted by Gasteiger charge is 2.63. The summed E-state index contributed by atoms with van der Waals surface area (Å²) in [6.45, 7) is 34.5. The van der Waals surface area contributed by atoms with Gasteiger partial charge in [0.05, 0.1) is 44.8 Å². The van der Waals surface area contributed by atoms with Crippen LogP contribution in [0.1, 0.15) is 136 Å². The Labute approximate surface area is 387 Å². The molecule has 3 aliphatic rings. The fraction of sp³-hybridized carbons (Fsp3) is 0.578. The summed E-state index contributed by atoms with van der Waals surface area (Å²) in [6.07, 6.45) is 0. The molecule has 0 saturated carbocycles. The van der Waals surface area contributed by atoms with Gasteiger partial charge in [-0.1, -0.05) is 84.2 Å². The number of carbonyl (C=O) groups excluding carboxylic acids is 1. The molecule has 0 radical (unpaired) electrons. The van der Waals surface area contributed by atoms with Gasteiger partial charge in [0.2, 0.25) is 0 Å². The van der Waals surface area contributed by atoms with Crippen molar-refractivity contribution in [2.75, 3.05) is 0 Å². The van der Waals surface area contributed by atoms with Crippen molar-refractivity contribution in [3.63, 3.8) is 0 Å². The van der Waals surface area contributed by atoms with Gasteiger partial charge in [-0.15, -0.1) is 0 Å². The first-order valence-electron chi connectivity index (χ1n) is 20.2. The Kier molecular flexibility index (Phi) is 18.9. The third-order valence-corrected chi connectivity index (χ3v) is 12.8. The minimum Gasteiger partial charge on any atom is -0.405 e. The summed E-state index contributed by atoms with van der Waals surface area (Å²) in [6, 6.07) is 23.4.